The van der Waals surface area contributed by atoms with Gasteiger partial charge in [-0.05, 0) is 36.8 Å². The standard InChI is InChI=1S/C18H22ClFN2O2/c1-13-2-5-18(24-13)17(22-6-8-23-9-7-22)12-21-11-14-3-4-15(20)10-16(14)19/h2-5,10,17,21H,6-9,11-12H2,1H3. The number of aryl methyl sites for hydroxylation is 1. The zero-order chi connectivity index (χ0) is 16.9. The van der Waals surface area contributed by atoms with E-state index >= 15 is 0 Å². The van der Waals surface area contributed by atoms with Gasteiger partial charge in [0.1, 0.15) is 17.3 Å². The van der Waals surface area contributed by atoms with E-state index in [2.05, 4.69) is 10.2 Å². The van der Waals surface area contributed by atoms with E-state index in [0.717, 1.165) is 49.9 Å². The van der Waals surface area contributed by atoms with Crippen LogP contribution < -0.4 is 5.32 Å². The minimum Gasteiger partial charge on any atom is -0.465 e. The molecule has 3 rings (SSSR count). The molecule has 0 spiro atoms. The first-order chi connectivity index (χ1) is 11.6. The Bertz CT molecular complexity index is 671. The lowest BCUT2D eigenvalue weighted by molar-refractivity contribution is 0.0115. The number of nitrogens with zero attached hydrogens (tertiary/aromatic N) is 1. The Kier molecular flexibility index (Phi) is 5.89. The molecule has 130 valence electrons. The van der Waals surface area contributed by atoms with E-state index in [1.165, 1.54) is 12.1 Å². The molecule has 1 saturated heterocycles. The van der Waals surface area contributed by atoms with Crippen LogP contribution in [0.4, 0.5) is 4.39 Å². The van der Waals surface area contributed by atoms with Crippen LogP contribution in [0.3, 0.4) is 0 Å². The number of hydrogen-bond acceptors (Lipinski definition) is 4. The number of ether oxygens (including phenoxy) is 1. The summed E-state index contributed by atoms with van der Waals surface area (Å²) in [5, 5.41) is 3.86. The van der Waals surface area contributed by atoms with Crippen molar-refractivity contribution in [3.63, 3.8) is 0 Å². The summed E-state index contributed by atoms with van der Waals surface area (Å²) < 4.78 is 24.4. The van der Waals surface area contributed by atoms with Crippen LogP contribution in [-0.2, 0) is 11.3 Å². The van der Waals surface area contributed by atoms with Gasteiger partial charge >= 0.3 is 0 Å². The van der Waals surface area contributed by atoms with Crippen LogP contribution >= 0.6 is 11.6 Å². The van der Waals surface area contributed by atoms with E-state index in [1.54, 1.807) is 6.07 Å². The first kappa shape index (κ1) is 17.4. The quantitative estimate of drug-likeness (QED) is 0.862. The maximum atomic E-state index is 13.1. The summed E-state index contributed by atoms with van der Waals surface area (Å²) in [5.41, 5.74) is 0.884. The van der Waals surface area contributed by atoms with Crippen LogP contribution in [0, 0.1) is 12.7 Å². The van der Waals surface area contributed by atoms with Crippen molar-refractivity contribution in [1.29, 1.82) is 0 Å². The topological polar surface area (TPSA) is 37.6 Å². The van der Waals surface area contributed by atoms with Crippen molar-refractivity contribution in [3.8, 4) is 0 Å². The predicted octanol–water partition coefficient (Wildman–Crippen LogP) is 3.54. The molecular weight excluding hydrogens is 331 g/mol. The van der Waals surface area contributed by atoms with Gasteiger partial charge in [0.15, 0.2) is 0 Å². The second-order valence-corrected chi connectivity index (χ2v) is 6.39. The second-order valence-electron chi connectivity index (χ2n) is 5.98. The van der Waals surface area contributed by atoms with Gasteiger partial charge in [-0.2, -0.15) is 0 Å². The van der Waals surface area contributed by atoms with Gasteiger partial charge in [0, 0.05) is 31.2 Å². The molecule has 1 fully saturated rings. The average molecular weight is 353 g/mol. The highest BCUT2D eigenvalue weighted by Crippen LogP contribution is 2.24. The van der Waals surface area contributed by atoms with E-state index in [9.17, 15) is 4.39 Å². The average Bonchev–Trinajstić information content (AvgIpc) is 3.00. The number of nitrogens with one attached hydrogen (secondary N) is 1. The molecule has 4 nitrogen and oxygen atoms in total. The van der Waals surface area contributed by atoms with Crippen molar-refractivity contribution in [3.05, 3.63) is 58.3 Å². The van der Waals surface area contributed by atoms with Crippen LogP contribution in [0.15, 0.2) is 34.7 Å². The number of halogens is 2. The van der Waals surface area contributed by atoms with E-state index in [1.807, 2.05) is 19.1 Å². The van der Waals surface area contributed by atoms with Crippen molar-refractivity contribution in [2.24, 2.45) is 0 Å². The third-order valence-electron chi connectivity index (χ3n) is 4.24. The summed E-state index contributed by atoms with van der Waals surface area (Å²) >= 11 is 6.09. The third kappa shape index (κ3) is 4.36. The predicted molar refractivity (Wildman–Crippen MR) is 91.7 cm³/mol. The van der Waals surface area contributed by atoms with E-state index in [-0.39, 0.29) is 11.9 Å². The van der Waals surface area contributed by atoms with Gasteiger partial charge in [0.05, 0.1) is 19.3 Å². The van der Waals surface area contributed by atoms with Crippen molar-refractivity contribution in [2.75, 3.05) is 32.8 Å². The second kappa shape index (κ2) is 8.12. The molecule has 1 N–H and O–H groups in total. The van der Waals surface area contributed by atoms with Gasteiger partial charge in [-0.25, -0.2) is 4.39 Å². The van der Waals surface area contributed by atoms with Crippen molar-refractivity contribution in [1.82, 2.24) is 10.2 Å². The smallest absolute Gasteiger partial charge is 0.124 e. The summed E-state index contributed by atoms with van der Waals surface area (Å²) in [6, 6.07) is 8.64. The Labute approximate surface area is 146 Å². The zero-order valence-electron chi connectivity index (χ0n) is 13.7. The third-order valence-corrected chi connectivity index (χ3v) is 4.60. The molecule has 24 heavy (non-hydrogen) atoms. The summed E-state index contributed by atoms with van der Waals surface area (Å²) in [7, 11) is 0. The Hall–Kier alpha value is -1.40. The Morgan fingerprint density at radius 2 is 2.04 bits per heavy atom. The summed E-state index contributed by atoms with van der Waals surface area (Å²) in [6.07, 6.45) is 0. The fraction of sp³-hybridized carbons (Fsp3) is 0.444. The molecule has 1 aliphatic rings. The molecular formula is C18H22ClFN2O2. The lowest BCUT2D eigenvalue weighted by Crippen LogP contribution is -2.42. The van der Waals surface area contributed by atoms with Crippen molar-refractivity contribution < 1.29 is 13.5 Å². The van der Waals surface area contributed by atoms with Crippen LogP contribution in [0.2, 0.25) is 5.02 Å². The maximum absolute atomic E-state index is 13.1. The molecule has 0 radical (unpaired) electrons. The Balaban J connectivity index is 1.65. The van der Waals surface area contributed by atoms with Gasteiger partial charge in [0.2, 0.25) is 0 Å². The highest BCUT2D eigenvalue weighted by molar-refractivity contribution is 6.31. The number of furan rings is 1. The minimum atomic E-state index is -0.319. The lowest BCUT2D eigenvalue weighted by atomic mass is 10.1. The summed E-state index contributed by atoms with van der Waals surface area (Å²) in [6.45, 7) is 6.48. The van der Waals surface area contributed by atoms with Gasteiger partial charge in [-0.3, -0.25) is 4.90 Å². The first-order valence-electron chi connectivity index (χ1n) is 8.16. The highest BCUT2D eigenvalue weighted by Gasteiger charge is 2.24. The molecule has 1 aromatic heterocycles. The molecule has 2 aromatic rings. The Morgan fingerprint density at radius 1 is 1.25 bits per heavy atom. The molecule has 0 saturated carbocycles. The Morgan fingerprint density at radius 3 is 2.71 bits per heavy atom. The van der Waals surface area contributed by atoms with E-state index in [4.69, 9.17) is 20.8 Å². The van der Waals surface area contributed by atoms with Crippen LogP contribution in [-0.4, -0.2) is 37.7 Å². The van der Waals surface area contributed by atoms with E-state index < -0.39 is 0 Å². The molecule has 1 unspecified atom stereocenters. The summed E-state index contributed by atoms with van der Waals surface area (Å²) in [5.74, 6) is 1.54. The van der Waals surface area contributed by atoms with Gasteiger partial charge in [-0.15, -0.1) is 0 Å². The molecule has 1 aromatic carbocycles. The number of hydrogen-bond donors (Lipinski definition) is 1. The largest absolute Gasteiger partial charge is 0.465 e. The van der Waals surface area contributed by atoms with Crippen LogP contribution in [0.5, 0.6) is 0 Å². The van der Waals surface area contributed by atoms with Gasteiger partial charge < -0.3 is 14.5 Å². The van der Waals surface area contributed by atoms with Crippen molar-refractivity contribution >= 4 is 11.6 Å². The van der Waals surface area contributed by atoms with Crippen LogP contribution in [0.25, 0.3) is 0 Å². The number of rotatable bonds is 6. The molecule has 2 heterocycles. The van der Waals surface area contributed by atoms with Crippen molar-refractivity contribution in [2.45, 2.75) is 19.5 Å². The minimum absolute atomic E-state index is 0.141. The number of morpholine rings is 1. The highest BCUT2D eigenvalue weighted by atomic mass is 35.5. The molecule has 6 heteroatoms. The van der Waals surface area contributed by atoms with Gasteiger partial charge in [0.25, 0.3) is 0 Å². The number of benzene rings is 1. The summed E-state index contributed by atoms with van der Waals surface area (Å²) in [4.78, 5) is 2.36. The molecule has 1 aliphatic heterocycles. The lowest BCUT2D eigenvalue weighted by Gasteiger charge is -2.33. The molecule has 0 bridgehead atoms. The normalized spacial score (nSPS) is 17.1. The van der Waals surface area contributed by atoms with Gasteiger partial charge in [-0.1, -0.05) is 17.7 Å². The molecule has 1 atom stereocenters. The first-order valence-corrected chi connectivity index (χ1v) is 8.54. The molecule has 0 aliphatic carbocycles. The molecule has 0 amide bonds. The fourth-order valence-electron chi connectivity index (χ4n) is 2.94. The monoisotopic (exact) mass is 352 g/mol. The SMILES string of the molecule is Cc1ccc(C(CNCc2ccc(F)cc2Cl)N2CCOCC2)o1. The zero-order valence-corrected chi connectivity index (χ0v) is 14.5. The van der Waals surface area contributed by atoms with E-state index in [0.29, 0.717) is 11.6 Å². The van der Waals surface area contributed by atoms with Crippen LogP contribution in [0.1, 0.15) is 23.1 Å². The fourth-order valence-corrected chi connectivity index (χ4v) is 3.17. The maximum Gasteiger partial charge on any atom is 0.124 e.